The first-order chi connectivity index (χ1) is 10.9. The van der Waals surface area contributed by atoms with E-state index in [9.17, 15) is 19.8 Å². The van der Waals surface area contributed by atoms with Crippen LogP contribution in [0.5, 0.6) is 11.5 Å². The number of aryl methyl sites for hydroxylation is 1. The summed E-state index contributed by atoms with van der Waals surface area (Å²) in [5.74, 6) is -2.63. The number of carbonyl (C=O) groups is 2. The van der Waals surface area contributed by atoms with Gasteiger partial charge in [-0.05, 0) is 26.8 Å². The minimum absolute atomic E-state index is 0.0627. The van der Waals surface area contributed by atoms with Gasteiger partial charge in [0, 0.05) is 10.8 Å². The molecule has 2 aromatic rings. The van der Waals surface area contributed by atoms with Crippen molar-refractivity contribution in [1.82, 2.24) is 0 Å². The number of fused-ring (bicyclic) bond motifs is 1. The van der Waals surface area contributed by atoms with Gasteiger partial charge in [-0.2, -0.15) is 0 Å². The zero-order chi connectivity index (χ0) is 17.1. The lowest BCUT2D eigenvalue weighted by molar-refractivity contribution is 0.0473. The summed E-state index contributed by atoms with van der Waals surface area (Å²) in [5.41, 5.74) is 0.0472. The second-order valence-electron chi connectivity index (χ2n) is 4.94. The minimum Gasteiger partial charge on any atom is -0.506 e. The summed E-state index contributed by atoms with van der Waals surface area (Å²) in [6.07, 6.45) is 0. The predicted octanol–water partition coefficient (Wildman–Crippen LogP) is 2.91. The molecule has 0 heterocycles. The van der Waals surface area contributed by atoms with Crippen molar-refractivity contribution in [2.45, 2.75) is 20.8 Å². The maximum Gasteiger partial charge on any atom is 0.342 e. The van der Waals surface area contributed by atoms with Crippen LogP contribution in [0.25, 0.3) is 10.8 Å². The van der Waals surface area contributed by atoms with Crippen molar-refractivity contribution in [3.63, 3.8) is 0 Å². The molecule has 122 valence electrons. The number of phenols is 2. The molecule has 6 nitrogen and oxygen atoms in total. The van der Waals surface area contributed by atoms with E-state index in [1.807, 2.05) is 0 Å². The smallest absolute Gasteiger partial charge is 0.342 e. The van der Waals surface area contributed by atoms with Crippen molar-refractivity contribution in [3.8, 4) is 11.5 Å². The lowest BCUT2D eigenvalue weighted by Crippen LogP contribution is -2.15. The van der Waals surface area contributed by atoms with Gasteiger partial charge in [-0.3, -0.25) is 0 Å². The average Bonchev–Trinajstić information content (AvgIpc) is 2.50. The van der Waals surface area contributed by atoms with Crippen LogP contribution >= 0.6 is 0 Å². The second-order valence-corrected chi connectivity index (χ2v) is 4.94. The first-order valence-corrected chi connectivity index (χ1v) is 7.24. The van der Waals surface area contributed by atoms with Crippen LogP contribution in [-0.4, -0.2) is 35.4 Å². The van der Waals surface area contributed by atoms with Crippen molar-refractivity contribution >= 4 is 22.7 Å². The van der Waals surface area contributed by atoms with Gasteiger partial charge in [0.1, 0.15) is 22.6 Å². The highest BCUT2D eigenvalue weighted by molar-refractivity contribution is 6.14. The van der Waals surface area contributed by atoms with Gasteiger partial charge in [0.25, 0.3) is 0 Å². The maximum absolute atomic E-state index is 12.2. The van der Waals surface area contributed by atoms with Crippen molar-refractivity contribution in [2.24, 2.45) is 0 Å². The van der Waals surface area contributed by atoms with Crippen LogP contribution in [0, 0.1) is 6.92 Å². The topological polar surface area (TPSA) is 93.1 Å². The van der Waals surface area contributed by atoms with Gasteiger partial charge in [0.15, 0.2) is 0 Å². The van der Waals surface area contributed by atoms with Gasteiger partial charge < -0.3 is 19.7 Å². The molecule has 0 spiro atoms. The summed E-state index contributed by atoms with van der Waals surface area (Å²) in [4.78, 5) is 24.3. The molecule has 0 aliphatic heterocycles. The molecule has 0 amide bonds. The molecule has 0 unspecified atom stereocenters. The number of phenolic OH excluding ortho intramolecular Hbond substituents is 2. The maximum atomic E-state index is 12.2. The molecule has 0 fully saturated rings. The molecule has 6 heteroatoms. The largest absolute Gasteiger partial charge is 0.506 e. The number of esters is 2. The quantitative estimate of drug-likeness (QED) is 0.665. The third-order valence-corrected chi connectivity index (χ3v) is 3.37. The number of hydrogen-bond donors (Lipinski definition) is 2. The van der Waals surface area contributed by atoms with E-state index >= 15 is 0 Å². The molecule has 0 aliphatic carbocycles. The summed E-state index contributed by atoms with van der Waals surface area (Å²) in [5, 5.41) is 21.4. The summed E-state index contributed by atoms with van der Waals surface area (Å²) in [6, 6.07) is 4.90. The Morgan fingerprint density at radius 2 is 1.39 bits per heavy atom. The zero-order valence-corrected chi connectivity index (χ0v) is 13.2. The Balaban J connectivity index is 2.86. The Morgan fingerprint density at radius 3 is 1.87 bits per heavy atom. The molecule has 0 aromatic heterocycles. The van der Waals surface area contributed by atoms with Gasteiger partial charge in [-0.1, -0.05) is 17.7 Å². The molecule has 0 radical (unpaired) electrons. The van der Waals surface area contributed by atoms with E-state index in [1.165, 1.54) is 0 Å². The fourth-order valence-corrected chi connectivity index (χ4v) is 2.37. The lowest BCUT2D eigenvalue weighted by atomic mass is 9.96. The molecule has 2 aromatic carbocycles. The van der Waals surface area contributed by atoms with E-state index < -0.39 is 23.4 Å². The van der Waals surface area contributed by atoms with Crippen LogP contribution in [0.3, 0.4) is 0 Å². The summed E-state index contributed by atoms with van der Waals surface area (Å²) >= 11 is 0. The highest BCUT2D eigenvalue weighted by atomic mass is 16.5. The summed E-state index contributed by atoms with van der Waals surface area (Å²) in [7, 11) is 0. The third kappa shape index (κ3) is 2.92. The van der Waals surface area contributed by atoms with Crippen LogP contribution in [0.1, 0.15) is 40.1 Å². The van der Waals surface area contributed by atoms with Gasteiger partial charge in [0.2, 0.25) is 0 Å². The zero-order valence-electron chi connectivity index (χ0n) is 13.2. The van der Waals surface area contributed by atoms with E-state index in [1.54, 1.807) is 39.0 Å². The van der Waals surface area contributed by atoms with Crippen molar-refractivity contribution in [2.75, 3.05) is 13.2 Å². The number of aromatic hydroxyl groups is 2. The summed E-state index contributed by atoms with van der Waals surface area (Å²) in [6.45, 7) is 5.13. The van der Waals surface area contributed by atoms with Crippen molar-refractivity contribution in [1.29, 1.82) is 0 Å². The standard InChI is InChI=1S/C17H18O6/c1-4-22-16(20)12-13(17(21)23-5-2)15(19)11-8-9(3)6-7-10(11)14(12)18/h6-8,18-19H,4-5H2,1-3H3. The van der Waals surface area contributed by atoms with Crippen LogP contribution in [0.2, 0.25) is 0 Å². The van der Waals surface area contributed by atoms with E-state index in [-0.39, 0.29) is 35.1 Å². The summed E-state index contributed by atoms with van der Waals surface area (Å²) < 4.78 is 9.78. The minimum atomic E-state index is -0.897. The van der Waals surface area contributed by atoms with Gasteiger partial charge in [-0.15, -0.1) is 0 Å². The van der Waals surface area contributed by atoms with Crippen LogP contribution in [0.15, 0.2) is 18.2 Å². The molecular formula is C17H18O6. The Labute approximate surface area is 133 Å². The van der Waals surface area contributed by atoms with Crippen LogP contribution in [0.4, 0.5) is 0 Å². The number of hydrogen-bond acceptors (Lipinski definition) is 6. The Kier molecular flexibility index (Phi) is 4.74. The Bertz CT molecular complexity index is 778. The second kappa shape index (κ2) is 6.56. The van der Waals surface area contributed by atoms with E-state index in [4.69, 9.17) is 9.47 Å². The van der Waals surface area contributed by atoms with Crippen LogP contribution < -0.4 is 0 Å². The molecular weight excluding hydrogens is 300 g/mol. The molecule has 2 rings (SSSR count). The number of ether oxygens (including phenoxy) is 2. The van der Waals surface area contributed by atoms with E-state index in [2.05, 4.69) is 0 Å². The van der Waals surface area contributed by atoms with E-state index in [0.29, 0.717) is 0 Å². The highest BCUT2D eigenvalue weighted by Crippen LogP contribution is 2.40. The SMILES string of the molecule is CCOC(=O)c1c(C(=O)OCC)c(O)c2cc(C)ccc2c1O. The monoisotopic (exact) mass is 318 g/mol. The highest BCUT2D eigenvalue weighted by Gasteiger charge is 2.30. The molecule has 23 heavy (non-hydrogen) atoms. The number of rotatable bonds is 4. The first-order valence-electron chi connectivity index (χ1n) is 7.24. The fourth-order valence-electron chi connectivity index (χ4n) is 2.37. The van der Waals surface area contributed by atoms with Crippen molar-refractivity contribution < 1.29 is 29.3 Å². The van der Waals surface area contributed by atoms with E-state index in [0.717, 1.165) is 5.56 Å². The number of carbonyl (C=O) groups excluding carboxylic acids is 2. The average molecular weight is 318 g/mol. The molecule has 0 atom stereocenters. The molecule has 0 saturated heterocycles. The lowest BCUT2D eigenvalue weighted by Gasteiger charge is -2.15. The molecule has 0 aliphatic rings. The predicted molar refractivity (Wildman–Crippen MR) is 83.9 cm³/mol. The molecule has 2 N–H and O–H groups in total. The Morgan fingerprint density at radius 1 is 0.913 bits per heavy atom. The molecule has 0 saturated carbocycles. The normalized spacial score (nSPS) is 10.6. The fraction of sp³-hybridized carbons (Fsp3) is 0.294. The van der Waals surface area contributed by atoms with Gasteiger partial charge in [0.05, 0.1) is 13.2 Å². The van der Waals surface area contributed by atoms with Gasteiger partial charge in [-0.25, -0.2) is 9.59 Å². The number of benzene rings is 2. The third-order valence-electron chi connectivity index (χ3n) is 3.37. The molecule has 0 bridgehead atoms. The van der Waals surface area contributed by atoms with Crippen LogP contribution in [-0.2, 0) is 9.47 Å². The Hall–Kier alpha value is -2.76. The first kappa shape index (κ1) is 16.6. The van der Waals surface area contributed by atoms with Gasteiger partial charge >= 0.3 is 11.9 Å². The van der Waals surface area contributed by atoms with Crippen molar-refractivity contribution in [3.05, 3.63) is 34.9 Å².